The number of anilines is 1. The van der Waals surface area contributed by atoms with Gasteiger partial charge in [0, 0.05) is 25.2 Å². The maximum Gasteiger partial charge on any atom is 0.407 e. The van der Waals surface area contributed by atoms with Gasteiger partial charge in [-0.1, -0.05) is 11.6 Å². The molecule has 2 aliphatic heterocycles. The normalized spacial score (nSPS) is 17.9. The van der Waals surface area contributed by atoms with Gasteiger partial charge in [0.15, 0.2) is 11.0 Å². The molecule has 2 aliphatic rings. The van der Waals surface area contributed by atoms with Crippen molar-refractivity contribution in [1.29, 1.82) is 0 Å². The van der Waals surface area contributed by atoms with E-state index in [1.165, 1.54) is 0 Å². The lowest BCUT2D eigenvalue weighted by Gasteiger charge is -2.32. The van der Waals surface area contributed by atoms with Crippen LogP contribution in [0.15, 0.2) is 12.1 Å². The SMILES string of the molecule is CC(C)(C)OC(=O)NC1CCNCC1.O=C(O)NC1CCN(c2ccc(Cl)nn2)CC1. The fraction of sp³-hybridized carbons (Fsp3) is 0.700. The summed E-state index contributed by atoms with van der Waals surface area (Å²) in [5.74, 6) is 0.781. The molecule has 0 unspecified atom stereocenters. The van der Waals surface area contributed by atoms with Crippen molar-refractivity contribution < 1.29 is 19.4 Å². The van der Waals surface area contributed by atoms with E-state index in [0.717, 1.165) is 57.7 Å². The van der Waals surface area contributed by atoms with Crippen molar-refractivity contribution in [2.45, 2.75) is 64.1 Å². The summed E-state index contributed by atoms with van der Waals surface area (Å²) >= 11 is 5.66. The smallest absolute Gasteiger partial charge is 0.407 e. The van der Waals surface area contributed by atoms with Gasteiger partial charge in [0.1, 0.15) is 5.60 Å². The highest BCUT2D eigenvalue weighted by molar-refractivity contribution is 6.29. The number of ether oxygens (including phenoxy) is 1. The molecular formula is C20H33ClN6O4. The van der Waals surface area contributed by atoms with E-state index in [1.807, 2.05) is 26.8 Å². The molecule has 2 saturated heterocycles. The number of piperidine rings is 2. The van der Waals surface area contributed by atoms with Crippen LogP contribution in [0, 0.1) is 0 Å². The number of hydrogen-bond donors (Lipinski definition) is 4. The van der Waals surface area contributed by atoms with Crippen LogP contribution in [0.1, 0.15) is 46.5 Å². The number of halogens is 1. The van der Waals surface area contributed by atoms with Crippen molar-refractivity contribution in [3.63, 3.8) is 0 Å². The molecular weight excluding hydrogens is 424 g/mol. The van der Waals surface area contributed by atoms with Crippen LogP contribution < -0.4 is 20.9 Å². The van der Waals surface area contributed by atoms with Crippen LogP contribution in [-0.2, 0) is 4.74 Å². The lowest BCUT2D eigenvalue weighted by atomic mass is 10.1. The molecule has 0 saturated carbocycles. The number of carbonyl (C=O) groups excluding carboxylic acids is 1. The summed E-state index contributed by atoms with van der Waals surface area (Å²) in [5.41, 5.74) is -0.406. The zero-order valence-electron chi connectivity index (χ0n) is 18.4. The molecule has 3 rings (SSSR count). The molecule has 0 aliphatic carbocycles. The van der Waals surface area contributed by atoms with Crippen molar-refractivity contribution in [2.24, 2.45) is 0 Å². The van der Waals surface area contributed by atoms with Gasteiger partial charge in [-0.3, -0.25) is 0 Å². The molecule has 2 fully saturated rings. The van der Waals surface area contributed by atoms with Gasteiger partial charge < -0.3 is 30.7 Å². The van der Waals surface area contributed by atoms with Crippen molar-refractivity contribution in [2.75, 3.05) is 31.1 Å². The summed E-state index contributed by atoms with van der Waals surface area (Å²) in [6.45, 7) is 9.09. The standard InChI is InChI=1S/C10H13ClN4O2.C10H20N2O2/c11-8-1-2-9(14-13-8)15-5-3-7(4-6-15)12-10(16)17;1-10(2,3)14-9(13)12-8-4-6-11-7-5-8/h1-2,7,12H,3-6H2,(H,16,17);8,11H,4-7H2,1-3H3,(H,12,13). The van der Waals surface area contributed by atoms with E-state index in [2.05, 4.69) is 31.0 Å². The van der Waals surface area contributed by atoms with E-state index in [4.69, 9.17) is 21.4 Å². The third-order valence-corrected chi connectivity index (χ3v) is 5.03. The molecule has 2 amide bonds. The van der Waals surface area contributed by atoms with Crippen LogP contribution >= 0.6 is 11.6 Å². The molecule has 31 heavy (non-hydrogen) atoms. The van der Waals surface area contributed by atoms with Gasteiger partial charge in [-0.2, -0.15) is 0 Å². The highest BCUT2D eigenvalue weighted by Crippen LogP contribution is 2.18. The number of amides is 2. The van der Waals surface area contributed by atoms with Gasteiger partial charge in [0.2, 0.25) is 0 Å². The molecule has 0 spiro atoms. The third kappa shape index (κ3) is 10.0. The molecule has 4 N–H and O–H groups in total. The molecule has 10 nitrogen and oxygen atoms in total. The largest absolute Gasteiger partial charge is 0.465 e. The summed E-state index contributed by atoms with van der Waals surface area (Å²) in [6.07, 6.45) is 2.25. The van der Waals surface area contributed by atoms with Crippen LogP contribution in [-0.4, -0.2) is 71.4 Å². The Morgan fingerprint density at radius 1 is 1.10 bits per heavy atom. The molecule has 0 bridgehead atoms. The average molecular weight is 457 g/mol. The van der Waals surface area contributed by atoms with Crippen molar-refractivity contribution in [3.8, 4) is 0 Å². The van der Waals surface area contributed by atoms with Crippen LogP contribution in [0.3, 0.4) is 0 Å². The van der Waals surface area contributed by atoms with Gasteiger partial charge in [-0.25, -0.2) is 9.59 Å². The number of alkyl carbamates (subject to hydrolysis) is 1. The van der Waals surface area contributed by atoms with E-state index in [1.54, 1.807) is 6.07 Å². The van der Waals surface area contributed by atoms with Crippen LogP contribution in [0.5, 0.6) is 0 Å². The fourth-order valence-electron chi connectivity index (χ4n) is 3.35. The Morgan fingerprint density at radius 2 is 1.71 bits per heavy atom. The summed E-state index contributed by atoms with van der Waals surface area (Å²) < 4.78 is 5.17. The molecule has 0 radical (unpaired) electrons. The van der Waals surface area contributed by atoms with Crippen molar-refractivity contribution >= 4 is 29.6 Å². The molecule has 11 heteroatoms. The number of hydrogen-bond acceptors (Lipinski definition) is 7. The number of carboxylic acid groups (broad SMARTS) is 1. The van der Waals surface area contributed by atoms with E-state index in [9.17, 15) is 9.59 Å². The second-order valence-corrected chi connectivity index (χ2v) is 8.98. The summed E-state index contributed by atoms with van der Waals surface area (Å²) in [4.78, 5) is 23.9. The Labute approximate surface area is 188 Å². The number of nitrogens with zero attached hydrogens (tertiary/aromatic N) is 3. The lowest BCUT2D eigenvalue weighted by Crippen LogP contribution is -2.44. The first kappa shape index (κ1) is 24.9. The minimum Gasteiger partial charge on any atom is -0.465 e. The summed E-state index contributed by atoms with van der Waals surface area (Å²) in [5, 5.41) is 25.4. The Balaban J connectivity index is 0.000000225. The van der Waals surface area contributed by atoms with E-state index < -0.39 is 11.7 Å². The number of rotatable bonds is 3. The minimum atomic E-state index is -0.963. The highest BCUT2D eigenvalue weighted by Gasteiger charge is 2.22. The second kappa shape index (κ2) is 11.9. The molecule has 0 atom stereocenters. The minimum absolute atomic E-state index is 0.0315. The van der Waals surface area contributed by atoms with Gasteiger partial charge in [-0.05, 0) is 71.7 Å². The van der Waals surface area contributed by atoms with Crippen LogP contribution in [0.2, 0.25) is 5.15 Å². The number of carbonyl (C=O) groups is 2. The zero-order chi connectivity index (χ0) is 22.9. The topological polar surface area (TPSA) is 129 Å². The first-order valence-electron chi connectivity index (χ1n) is 10.6. The summed E-state index contributed by atoms with van der Waals surface area (Å²) in [6, 6.07) is 3.82. The summed E-state index contributed by atoms with van der Waals surface area (Å²) in [7, 11) is 0. The van der Waals surface area contributed by atoms with Crippen LogP contribution in [0.25, 0.3) is 0 Å². The highest BCUT2D eigenvalue weighted by atomic mass is 35.5. The fourth-order valence-corrected chi connectivity index (χ4v) is 3.45. The number of aromatic nitrogens is 2. The quantitative estimate of drug-likeness (QED) is 0.546. The van der Waals surface area contributed by atoms with Gasteiger partial charge in [0.25, 0.3) is 0 Å². The molecule has 1 aromatic rings. The maximum absolute atomic E-state index is 11.4. The lowest BCUT2D eigenvalue weighted by molar-refractivity contribution is 0.0495. The third-order valence-electron chi connectivity index (χ3n) is 4.82. The Kier molecular flexibility index (Phi) is 9.57. The van der Waals surface area contributed by atoms with Gasteiger partial charge >= 0.3 is 12.2 Å². The first-order chi connectivity index (χ1) is 14.6. The predicted octanol–water partition coefficient (Wildman–Crippen LogP) is 2.63. The monoisotopic (exact) mass is 456 g/mol. The zero-order valence-corrected chi connectivity index (χ0v) is 19.1. The molecule has 1 aromatic heterocycles. The Hall–Kier alpha value is -2.33. The van der Waals surface area contributed by atoms with Crippen molar-refractivity contribution in [3.05, 3.63) is 17.3 Å². The van der Waals surface area contributed by atoms with E-state index in [0.29, 0.717) is 5.15 Å². The predicted molar refractivity (Wildman–Crippen MR) is 119 cm³/mol. The van der Waals surface area contributed by atoms with E-state index in [-0.39, 0.29) is 18.2 Å². The van der Waals surface area contributed by atoms with Crippen molar-refractivity contribution in [1.82, 2.24) is 26.1 Å². The molecule has 3 heterocycles. The average Bonchev–Trinajstić information content (AvgIpc) is 2.69. The Morgan fingerprint density at radius 3 is 2.23 bits per heavy atom. The number of nitrogens with one attached hydrogen (secondary N) is 3. The first-order valence-corrected chi connectivity index (χ1v) is 10.9. The van der Waals surface area contributed by atoms with Gasteiger partial charge in [-0.15, -0.1) is 10.2 Å². The molecule has 0 aromatic carbocycles. The maximum atomic E-state index is 11.4. The second-order valence-electron chi connectivity index (χ2n) is 8.60. The Bertz CT molecular complexity index is 699. The van der Waals surface area contributed by atoms with E-state index >= 15 is 0 Å². The molecule has 174 valence electrons. The van der Waals surface area contributed by atoms with Crippen LogP contribution in [0.4, 0.5) is 15.4 Å². The van der Waals surface area contributed by atoms with Gasteiger partial charge in [0.05, 0.1) is 0 Å².